The Morgan fingerprint density at radius 3 is 3.05 bits per heavy atom. The van der Waals surface area contributed by atoms with Gasteiger partial charge in [-0.05, 0) is 19.1 Å². The van der Waals surface area contributed by atoms with E-state index in [-0.39, 0.29) is 6.10 Å². The van der Waals surface area contributed by atoms with Crippen LogP contribution in [0.1, 0.15) is 18.6 Å². The predicted octanol–water partition coefficient (Wildman–Crippen LogP) is 1.55. The lowest BCUT2D eigenvalue weighted by molar-refractivity contribution is -0.123. The van der Waals surface area contributed by atoms with Crippen molar-refractivity contribution in [1.29, 1.82) is 0 Å². The summed E-state index contributed by atoms with van der Waals surface area (Å²) in [4.78, 5) is 13.6. The van der Waals surface area contributed by atoms with Gasteiger partial charge in [0.2, 0.25) is 0 Å². The molecule has 3 rings (SSSR count). The van der Waals surface area contributed by atoms with E-state index in [1.165, 1.54) is 0 Å². The molecule has 0 aliphatic carbocycles. The summed E-state index contributed by atoms with van der Waals surface area (Å²) in [6.45, 7) is 4.19. The van der Waals surface area contributed by atoms with Crippen molar-refractivity contribution in [2.75, 3.05) is 29.9 Å². The molecule has 0 aromatic heterocycles. The maximum absolute atomic E-state index is 11.4. The van der Waals surface area contributed by atoms with Crippen molar-refractivity contribution in [3.8, 4) is 0 Å². The number of anilines is 2. The van der Waals surface area contributed by atoms with Gasteiger partial charge in [-0.2, -0.15) is 0 Å². The monoisotopic (exact) mass is 282 g/mol. The van der Waals surface area contributed by atoms with Gasteiger partial charge in [0.15, 0.2) is 6.10 Å². The average molecular weight is 283 g/mol. The molecule has 5 nitrogen and oxygen atoms in total. The number of nitrogens with zero attached hydrogens (tertiary/aromatic N) is 1. The summed E-state index contributed by atoms with van der Waals surface area (Å²) >= 11 is 6.27. The summed E-state index contributed by atoms with van der Waals surface area (Å²) in [7, 11) is 0. The van der Waals surface area contributed by atoms with E-state index in [0.717, 1.165) is 18.8 Å². The van der Waals surface area contributed by atoms with Gasteiger partial charge in [-0.1, -0.05) is 11.6 Å². The van der Waals surface area contributed by atoms with Crippen LogP contribution < -0.4 is 10.2 Å². The third-order valence-electron chi connectivity index (χ3n) is 3.50. The molecular weight excluding hydrogens is 268 g/mol. The van der Waals surface area contributed by atoms with Crippen LogP contribution in [-0.2, 0) is 9.53 Å². The van der Waals surface area contributed by atoms with E-state index in [1.807, 2.05) is 13.0 Å². The summed E-state index contributed by atoms with van der Waals surface area (Å²) in [6, 6.07) is 3.48. The van der Waals surface area contributed by atoms with Gasteiger partial charge in [-0.3, -0.25) is 4.79 Å². The normalized spacial score (nSPS) is 26.3. The van der Waals surface area contributed by atoms with Gasteiger partial charge in [-0.15, -0.1) is 0 Å². The number of morpholine rings is 1. The molecule has 0 spiro atoms. The number of fused-ring (bicyclic) bond motifs is 1. The topological polar surface area (TPSA) is 61.8 Å². The van der Waals surface area contributed by atoms with Crippen LogP contribution in [0.15, 0.2) is 12.1 Å². The van der Waals surface area contributed by atoms with E-state index >= 15 is 0 Å². The molecule has 19 heavy (non-hydrogen) atoms. The van der Waals surface area contributed by atoms with Crippen LogP contribution >= 0.6 is 11.6 Å². The van der Waals surface area contributed by atoms with E-state index in [2.05, 4.69) is 10.2 Å². The highest BCUT2D eigenvalue weighted by molar-refractivity contribution is 6.33. The SMILES string of the molecule is CC1CN(c2cc3c(cc2Cl)C(O)C(=O)N3)CCO1. The molecule has 2 heterocycles. The van der Waals surface area contributed by atoms with Gasteiger partial charge < -0.3 is 20.1 Å². The fourth-order valence-electron chi connectivity index (χ4n) is 2.53. The Morgan fingerprint density at radius 2 is 2.32 bits per heavy atom. The second kappa shape index (κ2) is 4.67. The van der Waals surface area contributed by atoms with Crippen molar-refractivity contribution < 1.29 is 14.6 Å². The number of benzene rings is 1. The minimum atomic E-state index is -1.12. The lowest BCUT2D eigenvalue weighted by Crippen LogP contribution is -2.41. The molecule has 0 radical (unpaired) electrons. The molecule has 2 aliphatic heterocycles. The molecule has 1 aromatic carbocycles. The summed E-state index contributed by atoms with van der Waals surface area (Å²) in [5.41, 5.74) is 2.04. The van der Waals surface area contributed by atoms with E-state index in [1.54, 1.807) is 6.07 Å². The van der Waals surface area contributed by atoms with Crippen molar-refractivity contribution in [1.82, 2.24) is 0 Å². The van der Waals surface area contributed by atoms with Crippen molar-refractivity contribution in [3.63, 3.8) is 0 Å². The Morgan fingerprint density at radius 1 is 1.53 bits per heavy atom. The molecule has 2 N–H and O–H groups in total. The first kappa shape index (κ1) is 12.7. The minimum Gasteiger partial charge on any atom is -0.378 e. The molecule has 1 saturated heterocycles. The molecule has 102 valence electrons. The van der Waals surface area contributed by atoms with Crippen molar-refractivity contribution in [3.05, 3.63) is 22.7 Å². The minimum absolute atomic E-state index is 0.151. The number of hydrogen-bond acceptors (Lipinski definition) is 4. The van der Waals surface area contributed by atoms with E-state index in [9.17, 15) is 9.90 Å². The highest BCUT2D eigenvalue weighted by atomic mass is 35.5. The quantitative estimate of drug-likeness (QED) is 0.820. The van der Waals surface area contributed by atoms with Gasteiger partial charge >= 0.3 is 0 Å². The number of nitrogens with one attached hydrogen (secondary N) is 1. The van der Waals surface area contributed by atoms with Crippen molar-refractivity contribution in [2.45, 2.75) is 19.1 Å². The van der Waals surface area contributed by atoms with Gasteiger partial charge in [0.25, 0.3) is 5.91 Å². The van der Waals surface area contributed by atoms with Crippen LogP contribution in [0.3, 0.4) is 0 Å². The number of carbonyl (C=O) groups is 1. The van der Waals surface area contributed by atoms with Crippen LogP contribution in [0.5, 0.6) is 0 Å². The average Bonchev–Trinajstić information content (AvgIpc) is 2.65. The first-order valence-corrected chi connectivity index (χ1v) is 6.63. The Bertz CT molecular complexity index is 535. The number of aliphatic hydroxyl groups is 1. The molecule has 1 fully saturated rings. The summed E-state index contributed by atoms with van der Waals surface area (Å²) in [5.74, 6) is -0.404. The van der Waals surface area contributed by atoms with Crippen LogP contribution in [0.4, 0.5) is 11.4 Å². The highest BCUT2D eigenvalue weighted by Gasteiger charge is 2.30. The number of carbonyl (C=O) groups excluding carboxylic acids is 1. The predicted molar refractivity (Wildman–Crippen MR) is 72.7 cm³/mol. The lowest BCUT2D eigenvalue weighted by atomic mass is 10.1. The standard InChI is InChI=1S/C13H15ClN2O3/c1-7-6-16(2-3-19-7)11-5-10-8(4-9(11)14)12(17)13(18)15-10/h4-5,7,12,17H,2-3,6H2,1H3,(H,15,18). The Hall–Kier alpha value is -1.30. The molecule has 1 amide bonds. The maximum Gasteiger partial charge on any atom is 0.257 e. The van der Waals surface area contributed by atoms with Crippen LogP contribution in [0.2, 0.25) is 5.02 Å². The zero-order valence-corrected chi connectivity index (χ0v) is 11.3. The lowest BCUT2D eigenvalue weighted by Gasteiger charge is -2.33. The van der Waals surface area contributed by atoms with Crippen molar-refractivity contribution in [2.24, 2.45) is 0 Å². The molecule has 2 atom stereocenters. The number of halogens is 1. The number of aliphatic hydroxyl groups excluding tert-OH is 1. The molecule has 0 bridgehead atoms. The third kappa shape index (κ3) is 2.18. The Kier molecular flexibility index (Phi) is 3.12. The zero-order valence-electron chi connectivity index (χ0n) is 10.5. The molecule has 6 heteroatoms. The fraction of sp³-hybridized carbons (Fsp3) is 0.462. The van der Waals surface area contributed by atoms with Crippen molar-refractivity contribution >= 4 is 28.9 Å². The van der Waals surface area contributed by atoms with Gasteiger partial charge in [0, 0.05) is 24.3 Å². The summed E-state index contributed by atoms with van der Waals surface area (Å²) in [6.07, 6.45) is -0.969. The smallest absolute Gasteiger partial charge is 0.257 e. The fourth-order valence-corrected chi connectivity index (χ4v) is 2.83. The summed E-state index contributed by atoms with van der Waals surface area (Å²) < 4.78 is 5.50. The van der Waals surface area contributed by atoms with Crippen LogP contribution in [0.25, 0.3) is 0 Å². The Balaban J connectivity index is 1.95. The second-order valence-electron chi connectivity index (χ2n) is 4.91. The van der Waals surface area contributed by atoms with E-state index in [4.69, 9.17) is 16.3 Å². The zero-order chi connectivity index (χ0) is 13.6. The number of hydrogen-bond donors (Lipinski definition) is 2. The first-order valence-electron chi connectivity index (χ1n) is 6.25. The number of ether oxygens (including phenoxy) is 1. The van der Waals surface area contributed by atoms with Crippen LogP contribution in [0, 0.1) is 0 Å². The first-order chi connectivity index (χ1) is 9.06. The third-order valence-corrected chi connectivity index (χ3v) is 3.80. The summed E-state index contributed by atoms with van der Waals surface area (Å²) in [5, 5.41) is 12.9. The maximum atomic E-state index is 11.4. The molecule has 0 saturated carbocycles. The molecular formula is C13H15ClN2O3. The van der Waals surface area contributed by atoms with Gasteiger partial charge in [-0.25, -0.2) is 0 Å². The molecule has 2 unspecified atom stereocenters. The van der Waals surface area contributed by atoms with Crippen LogP contribution in [-0.4, -0.2) is 36.8 Å². The second-order valence-corrected chi connectivity index (χ2v) is 5.32. The van der Waals surface area contributed by atoms with Gasteiger partial charge in [0.1, 0.15) is 0 Å². The Labute approximate surface area is 116 Å². The van der Waals surface area contributed by atoms with E-state index in [0.29, 0.717) is 22.9 Å². The highest BCUT2D eigenvalue weighted by Crippen LogP contribution is 2.39. The molecule has 2 aliphatic rings. The largest absolute Gasteiger partial charge is 0.378 e. The van der Waals surface area contributed by atoms with Gasteiger partial charge in [0.05, 0.1) is 23.4 Å². The number of rotatable bonds is 1. The molecule has 1 aromatic rings. The number of amides is 1. The van der Waals surface area contributed by atoms with E-state index < -0.39 is 12.0 Å².